The van der Waals surface area contributed by atoms with E-state index in [1.807, 2.05) is 43.5 Å². The van der Waals surface area contributed by atoms with Crippen LogP contribution in [0.25, 0.3) is 22.2 Å². The van der Waals surface area contributed by atoms with Crippen LogP contribution < -0.4 is 4.74 Å². The number of carbonyl (C=O) groups is 1. The van der Waals surface area contributed by atoms with E-state index in [1.54, 1.807) is 23.0 Å². The summed E-state index contributed by atoms with van der Waals surface area (Å²) >= 11 is 0. The molecule has 5 rings (SSSR count). The summed E-state index contributed by atoms with van der Waals surface area (Å²) in [5.74, 6) is -1.42. The van der Waals surface area contributed by atoms with Gasteiger partial charge in [0.25, 0.3) is 0 Å². The molecule has 0 bridgehead atoms. The third-order valence-corrected chi connectivity index (χ3v) is 8.53. The molecule has 2 N–H and O–H groups in total. The number of fused-ring (bicyclic) bond motifs is 1. The Morgan fingerprint density at radius 2 is 1.89 bits per heavy atom. The Hall–Kier alpha value is -4.50. The molecule has 2 heterocycles. The maximum atomic E-state index is 15.3. The molecule has 0 spiro atoms. The van der Waals surface area contributed by atoms with E-state index in [0.29, 0.717) is 49.4 Å². The molecule has 5 aromatic rings. The number of nitrogens with one attached hydrogen (secondary N) is 1. The molecule has 1 unspecified atom stereocenters. The molecular weight excluding hydrogens is 588 g/mol. The SMILES string of the molecule is CCc1c(Oc2ccc(F)c(-c3ccn(C(CCOCC(C)(C)CC)c4cccc(CCC(=O)O)c4)n3)c2)c(F)cc2[nH]ccc12. The smallest absolute Gasteiger partial charge is 0.303 e. The predicted octanol–water partition coefficient (Wildman–Crippen LogP) is 9.11. The fourth-order valence-electron chi connectivity index (χ4n) is 5.53. The summed E-state index contributed by atoms with van der Waals surface area (Å²) in [4.78, 5) is 14.2. The monoisotopic (exact) mass is 629 g/mol. The van der Waals surface area contributed by atoms with Crippen LogP contribution in [-0.2, 0) is 22.4 Å². The van der Waals surface area contributed by atoms with E-state index in [4.69, 9.17) is 14.6 Å². The highest BCUT2D eigenvalue weighted by Gasteiger charge is 2.21. The number of hydrogen-bond donors (Lipinski definition) is 2. The lowest BCUT2D eigenvalue weighted by molar-refractivity contribution is -0.136. The van der Waals surface area contributed by atoms with E-state index in [9.17, 15) is 9.90 Å². The maximum absolute atomic E-state index is 15.3. The second-order valence-electron chi connectivity index (χ2n) is 12.4. The van der Waals surface area contributed by atoms with Crippen molar-refractivity contribution in [1.82, 2.24) is 14.8 Å². The summed E-state index contributed by atoms with van der Waals surface area (Å²) in [6, 6.07) is 16.9. The topological polar surface area (TPSA) is 89.4 Å². The molecule has 242 valence electrons. The highest BCUT2D eigenvalue weighted by atomic mass is 19.1. The molecule has 0 aliphatic rings. The molecule has 0 saturated heterocycles. The molecule has 0 aliphatic heterocycles. The van der Waals surface area contributed by atoms with Crippen LogP contribution in [0.2, 0.25) is 0 Å². The summed E-state index contributed by atoms with van der Waals surface area (Å²) in [5, 5.41) is 14.8. The van der Waals surface area contributed by atoms with Gasteiger partial charge < -0.3 is 19.6 Å². The van der Waals surface area contributed by atoms with E-state index in [1.165, 1.54) is 18.2 Å². The molecule has 0 aliphatic carbocycles. The van der Waals surface area contributed by atoms with Gasteiger partial charge in [0, 0.05) is 53.5 Å². The Kier molecular flexibility index (Phi) is 10.2. The Labute approximate surface area is 268 Å². The second-order valence-corrected chi connectivity index (χ2v) is 12.4. The minimum atomic E-state index is -0.850. The van der Waals surface area contributed by atoms with Crippen LogP contribution in [0.15, 0.2) is 73.1 Å². The number of aromatic nitrogens is 3. The van der Waals surface area contributed by atoms with Crippen molar-refractivity contribution in [3.8, 4) is 22.8 Å². The predicted molar refractivity (Wildman–Crippen MR) is 175 cm³/mol. The highest BCUT2D eigenvalue weighted by molar-refractivity contribution is 5.85. The van der Waals surface area contributed by atoms with Gasteiger partial charge in [-0.3, -0.25) is 9.48 Å². The number of nitrogens with zero attached hydrogens (tertiary/aromatic N) is 2. The molecule has 7 nitrogen and oxygen atoms in total. The normalized spacial score (nSPS) is 12.5. The average Bonchev–Trinajstić information content (AvgIpc) is 3.71. The van der Waals surface area contributed by atoms with Crippen LogP contribution in [0.1, 0.15) is 69.7 Å². The Bertz CT molecular complexity index is 1810. The van der Waals surface area contributed by atoms with Gasteiger partial charge in [0.1, 0.15) is 11.6 Å². The molecule has 9 heteroatoms. The number of benzene rings is 3. The molecular formula is C37H41F2N3O4. The van der Waals surface area contributed by atoms with E-state index in [-0.39, 0.29) is 29.2 Å². The van der Waals surface area contributed by atoms with Crippen molar-refractivity contribution < 1.29 is 28.2 Å². The van der Waals surface area contributed by atoms with Crippen LogP contribution in [0.5, 0.6) is 11.5 Å². The molecule has 0 saturated carbocycles. The third kappa shape index (κ3) is 7.65. The number of aliphatic carboxylic acids is 1. The van der Waals surface area contributed by atoms with Crippen LogP contribution in [0.4, 0.5) is 8.78 Å². The van der Waals surface area contributed by atoms with Gasteiger partial charge in [0.05, 0.1) is 18.3 Å². The van der Waals surface area contributed by atoms with Crippen molar-refractivity contribution in [3.63, 3.8) is 0 Å². The average molecular weight is 630 g/mol. The Morgan fingerprint density at radius 3 is 2.65 bits per heavy atom. The number of rotatable bonds is 15. The van der Waals surface area contributed by atoms with Crippen LogP contribution in [0.3, 0.4) is 0 Å². The molecule has 46 heavy (non-hydrogen) atoms. The van der Waals surface area contributed by atoms with Crippen molar-refractivity contribution in [2.45, 2.75) is 65.8 Å². The molecule has 1 atom stereocenters. The lowest BCUT2D eigenvalue weighted by Gasteiger charge is -2.24. The number of H-pyrrole nitrogens is 1. The van der Waals surface area contributed by atoms with Crippen molar-refractivity contribution in [2.24, 2.45) is 5.41 Å². The van der Waals surface area contributed by atoms with Crippen molar-refractivity contribution in [1.29, 1.82) is 0 Å². The van der Waals surface area contributed by atoms with Gasteiger partial charge >= 0.3 is 5.97 Å². The van der Waals surface area contributed by atoms with Gasteiger partial charge in [-0.2, -0.15) is 5.10 Å². The fraction of sp³-hybridized carbons (Fsp3) is 0.351. The summed E-state index contributed by atoms with van der Waals surface area (Å²) < 4.78 is 44.3. The fourth-order valence-corrected chi connectivity index (χ4v) is 5.53. The summed E-state index contributed by atoms with van der Waals surface area (Å²) in [6.07, 6.45) is 6.17. The lowest BCUT2D eigenvalue weighted by Crippen LogP contribution is -2.20. The molecule has 0 amide bonds. The van der Waals surface area contributed by atoms with E-state index >= 15 is 8.78 Å². The quantitative estimate of drug-likeness (QED) is 0.113. The van der Waals surface area contributed by atoms with E-state index in [0.717, 1.165) is 28.5 Å². The maximum Gasteiger partial charge on any atom is 0.303 e. The first-order valence-corrected chi connectivity index (χ1v) is 15.8. The van der Waals surface area contributed by atoms with Gasteiger partial charge in [0.2, 0.25) is 0 Å². The zero-order chi connectivity index (χ0) is 32.8. The van der Waals surface area contributed by atoms with Crippen LogP contribution >= 0.6 is 0 Å². The summed E-state index contributed by atoms with van der Waals surface area (Å²) in [5.41, 5.74) is 3.98. The number of carboxylic acid groups (broad SMARTS) is 1. The molecule has 0 fully saturated rings. The first kappa shape index (κ1) is 32.9. The largest absolute Gasteiger partial charge is 0.481 e. The number of halogens is 2. The molecule has 3 aromatic carbocycles. The number of aromatic amines is 1. The minimum absolute atomic E-state index is 0.0373. The van der Waals surface area contributed by atoms with Crippen LogP contribution in [-0.4, -0.2) is 39.1 Å². The summed E-state index contributed by atoms with van der Waals surface area (Å²) in [6.45, 7) is 9.51. The van der Waals surface area contributed by atoms with Gasteiger partial charge in [-0.1, -0.05) is 52.0 Å². The lowest BCUT2D eigenvalue weighted by atomic mass is 9.92. The number of ether oxygens (including phenoxy) is 2. The second kappa shape index (κ2) is 14.3. The van der Waals surface area contributed by atoms with E-state index < -0.39 is 17.6 Å². The van der Waals surface area contributed by atoms with E-state index in [2.05, 4.69) is 25.8 Å². The number of carboxylic acids is 1. The molecule has 2 aromatic heterocycles. The minimum Gasteiger partial charge on any atom is -0.481 e. The Morgan fingerprint density at radius 1 is 1.07 bits per heavy atom. The zero-order valence-corrected chi connectivity index (χ0v) is 26.8. The summed E-state index contributed by atoms with van der Waals surface area (Å²) in [7, 11) is 0. The van der Waals surface area contributed by atoms with Crippen molar-refractivity contribution in [3.05, 3.63) is 101 Å². The standard InChI is InChI=1S/C37H41F2N3O4/c1-5-27-28-14-17-40-33(28)22-31(39)36(27)46-26-11-12-30(38)29(21-26)32-15-18-42(41-32)34(16-19-45-23-37(3,4)6-2)25-9-7-8-24(20-25)10-13-35(43)44/h7-9,11-12,14-15,17-18,20-22,34,40H,5-6,10,13,16,19,23H2,1-4H3,(H,43,44). The Balaban J connectivity index is 1.43. The van der Waals surface area contributed by atoms with Crippen molar-refractivity contribution in [2.75, 3.05) is 13.2 Å². The third-order valence-electron chi connectivity index (χ3n) is 8.53. The van der Waals surface area contributed by atoms with Gasteiger partial charge in [0.15, 0.2) is 11.6 Å². The van der Waals surface area contributed by atoms with Gasteiger partial charge in [-0.05, 0) is 72.6 Å². The molecule has 0 radical (unpaired) electrons. The van der Waals surface area contributed by atoms with Crippen molar-refractivity contribution >= 4 is 16.9 Å². The van der Waals surface area contributed by atoms with Crippen LogP contribution in [0, 0.1) is 17.0 Å². The highest BCUT2D eigenvalue weighted by Crippen LogP contribution is 2.36. The van der Waals surface area contributed by atoms with Gasteiger partial charge in [-0.15, -0.1) is 0 Å². The first-order chi connectivity index (χ1) is 22.1. The van der Waals surface area contributed by atoms with Gasteiger partial charge in [-0.25, -0.2) is 8.78 Å². The number of aryl methyl sites for hydroxylation is 2. The zero-order valence-electron chi connectivity index (χ0n) is 26.8. The first-order valence-electron chi connectivity index (χ1n) is 15.8. The number of hydrogen-bond acceptors (Lipinski definition) is 4.